The van der Waals surface area contributed by atoms with Crippen LogP contribution < -0.4 is 5.14 Å². The van der Waals surface area contributed by atoms with Crippen molar-refractivity contribution in [3.63, 3.8) is 0 Å². The fourth-order valence-electron chi connectivity index (χ4n) is 3.73. The maximum atomic E-state index is 13.4. The largest absolute Gasteiger partial charge is 0.378 e. The molecule has 0 radical (unpaired) electrons. The van der Waals surface area contributed by atoms with Crippen LogP contribution in [0.15, 0.2) is 59.1 Å². The summed E-state index contributed by atoms with van der Waals surface area (Å²) < 4.78 is 28.3. The number of ether oxygens (including phenoxy) is 1. The number of rotatable bonds is 5. The fourth-order valence-corrected chi connectivity index (χ4v) is 4.25. The first-order chi connectivity index (χ1) is 14.8. The molecular weight excluding hydrogens is 418 g/mol. The summed E-state index contributed by atoms with van der Waals surface area (Å²) in [4.78, 5) is 29.8. The van der Waals surface area contributed by atoms with E-state index in [0.29, 0.717) is 48.7 Å². The van der Waals surface area contributed by atoms with Gasteiger partial charge in [-0.1, -0.05) is 42.0 Å². The van der Waals surface area contributed by atoms with E-state index in [1.54, 1.807) is 12.1 Å². The number of hydrogen-bond acceptors (Lipinski definition) is 6. The molecule has 0 bridgehead atoms. The number of primary sulfonamides is 1. The van der Waals surface area contributed by atoms with Crippen LogP contribution in [0, 0.1) is 6.92 Å². The number of carbonyl (C=O) groups is 2. The lowest BCUT2D eigenvalue weighted by Crippen LogP contribution is -2.40. The molecule has 1 saturated heterocycles. The summed E-state index contributed by atoms with van der Waals surface area (Å²) in [5, 5.41) is 5.14. The molecule has 2 aliphatic rings. The van der Waals surface area contributed by atoms with E-state index in [2.05, 4.69) is 0 Å². The summed E-state index contributed by atoms with van der Waals surface area (Å²) in [5.74, 6) is -0.733. The van der Waals surface area contributed by atoms with Gasteiger partial charge in [-0.2, -0.15) is 0 Å². The van der Waals surface area contributed by atoms with Gasteiger partial charge in [0.25, 0.3) is 11.8 Å². The minimum absolute atomic E-state index is 0.0252. The number of morpholine rings is 1. The summed E-state index contributed by atoms with van der Waals surface area (Å²) in [6.45, 7) is 4.02. The number of aryl methyl sites for hydroxylation is 1. The summed E-state index contributed by atoms with van der Waals surface area (Å²) in [7, 11) is -3.81. The van der Waals surface area contributed by atoms with Crippen LogP contribution in [0.1, 0.15) is 16.7 Å². The topological polar surface area (TPSA) is 110 Å². The van der Waals surface area contributed by atoms with Crippen LogP contribution in [0.5, 0.6) is 0 Å². The molecule has 0 unspecified atom stereocenters. The molecule has 0 saturated carbocycles. The maximum absolute atomic E-state index is 13.4. The third-order valence-corrected chi connectivity index (χ3v) is 6.33. The third kappa shape index (κ3) is 4.25. The molecule has 0 spiro atoms. The van der Waals surface area contributed by atoms with Crippen molar-refractivity contribution in [2.24, 2.45) is 5.14 Å². The predicted molar refractivity (Wildman–Crippen MR) is 114 cm³/mol. The Labute approximate surface area is 180 Å². The van der Waals surface area contributed by atoms with Gasteiger partial charge >= 0.3 is 0 Å². The number of nitrogens with two attached hydrogens (primary N) is 1. The number of nitrogens with zero attached hydrogens (tertiary/aromatic N) is 2. The molecule has 2 aliphatic heterocycles. The van der Waals surface area contributed by atoms with Crippen molar-refractivity contribution >= 4 is 27.4 Å². The first-order valence-electron chi connectivity index (χ1n) is 9.87. The molecule has 9 heteroatoms. The molecule has 2 N–H and O–H groups in total. The molecule has 0 aromatic heterocycles. The van der Waals surface area contributed by atoms with Crippen LogP contribution in [0.3, 0.4) is 0 Å². The number of benzene rings is 2. The number of hydrogen-bond donors (Lipinski definition) is 1. The van der Waals surface area contributed by atoms with Crippen molar-refractivity contribution in [2.75, 3.05) is 26.3 Å². The highest BCUT2D eigenvalue weighted by atomic mass is 32.2. The summed E-state index contributed by atoms with van der Waals surface area (Å²) in [6, 6.07) is 13.4. The van der Waals surface area contributed by atoms with Crippen LogP contribution in [-0.4, -0.2) is 56.3 Å². The van der Waals surface area contributed by atoms with Crippen molar-refractivity contribution in [2.45, 2.75) is 18.4 Å². The highest BCUT2D eigenvalue weighted by molar-refractivity contribution is 7.89. The number of carbonyl (C=O) groups excluding carboxylic acids is 2. The van der Waals surface area contributed by atoms with Gasteiger partial charge in [0.15, 0.2) is 0 Å². The van der Waals surface area contributed by atoms with Crippen molar-refractivity contribution in [3.8, 4) is 0 Å². The van der Waals surface area contributed by atoms with Crippen LogP contribution in [0.25, 0.3) is 5.57 Å². The third-order valence-electron chi connectivity index (χ3n) is 5.40. The fraction of sp³-hybridized carbons (Fsp3) is 0.273. The van der Waals surface area contributed by atoms with E-state index in [4.69, 9.17) is 9.88 Å². The van der Waals surface area contributed by atoms with Gasteiger partial charge in [-0.05, 0) is 30.2 Å². The molecule has 2 heterocycles. The summed E-state index contributed by atoms with van der Waals surface area (Å²) >= 11 is 0. The van der Waals surface area contributed by atoms with Gasteiger partial charge in [-0.15, -0.1) is 0 Å². The quantitative estimate of drug-likeness (QED) is 0.700. The first-order valence-corrected chi connectivity index (χ1v) is 11.4. The first kappa shape index (κ1) is 21.2. The number of imide groups is 1. The number of amides is 2. The van der Waals surface area contributed by atoms with E-state index >= 15 is 0 Å². The van der Waals surface area contributed by atoms with Gasteiger partial charge in [0.1, 0.15) is 5.70 Å². The normalized spacial score (nSPS) is 17.6. The Morgan fingerprint density at radius 1 is 0.935 bits per heavy atom. The molecule has 162 valence electrons. The molecular formula is C22H23N3O5S. The minimum atomic E-state index is -3.81. The second-order valence-electron chi connectivity index (χ2n) is 7.57. The molecule has 0 atom stereocenters. The lowest BCUT2D eigenvalue weighted by atomic mass is 10.0. The molecule has 0 aliphatic carbocycles. The van der Waals surface area contributed by atoms with Gasteiger partial charge in [0, 0.05) is 13.1 Å². The van der Waals surface area contributed by atoms with Gasteiger partial charge in [0.2, 0.25) is 10.0 Å². The predicted octanol–water partition coefficient (Wildman–Crippen LogP) is 1.25. The standard InChI is InChI=1S/C22H23N3O5S/c1-15-2-6-17(7-3-15)19-20(24-10-12-30-13-11-24)22(27)25(21(19)26)14-16-4-8-18(9-5-16)31(23,28)29/h2-9H,10-14H2,1H3,(H2,23,28,29). The van der Waals surface area contributed by atoms with E-state index in [9.17, 15) is 18.0 Å². The van der Waals surface area contributed by atoms with Crippen molar-refractivity contribution in [1.29, 1.82) is 0 Å². The van der Waals surface area contributed by atoms with E-state index < -0.39 is 10.0 Å². The van der Waals surface area contributed by atoms with Crippen LogP contribution in [0.2, 0.25) is 0 Å². The lowest BCUT2D eigenvalue weighted by molar-refractivity contribution is -0.138. The van der Waals surface area contributed by atoms with Crippen molar-refractivity contribution in [1.82, 2.24) is 9.80 Å². The zero-order valence-corrected chi connectivity index (χ0v) is 17.9. The van der Waals surface area contributed by atoms with E-state index in [0.717, 1.165) is 5.56 Å². The van der Waals surface area contributed by atoms with Crippen molar-refractivity contribution < 1.29 is 22.7 Å². The zero-order valence-electron chi connectivity index (χ0n) is 17.1. The average Bonchev–Trinajstić information content (AvgIpc) is 2.99. The van der Waals surface area contributed by atoms with E-state index in [1.807, 2.05) is 36.1 Å². The Bertz CT molecular complexity index is 1150. The van der Waals surface area contributed by atoms with E-state index in [1.165, 1.54) is 17.0 Å². The molecule has 31 heavy (non-hydrogen) atoms. The number of sulfonamides is 1. The highest BCUT2D eigenvalue weighted by Crippen LogP contribution is 2.33. The summed E-state index contributed by atoms with van der Waals surface area (Å²) in [6.07, 6.45) is 0. The van der Waals surface area contributed by atoms with Crippen LogP contribution >= 0.6 is 0 Å². The molecule has 4 rings (SSSR count). The molecule has 2 aromatic rings. The molecule has 8 nitrogen and oxygen atoms in total. The minimum Gasteiger partial charge on any atom is -0.378 e. The molecule has 1 fully saturated rings. The average molecular weight is 442 g/mol. The Morgan fingerprint density at radius 2 is 1.55 bits per heavy atom. The Hall–Kier alpha value is -3.01. The Kier molecular flexibility index (Phi) is 5.65. The highest BCUT2D eigenvalue weighted by Gasteiger charge is 2.41. The smallest absolute Gasteiger partial charge is 0.278 e. The maximum Gasteiger partial charge on any atom is 0.278 e. The van der Waals surface area contributed by atoms with Gasteiger partial charge in [0.05, 0.1) is 30.2 Å². The van der Waals surface area contributed by atoms with Crippen LogP contribution in [0.4, 0.5) is 0 Å². The molecule has 2 amide bonds. The zero-order chi connectivity index (χ0) is 22.2. The van der Waals surface area contributed by atoms with Gasteiger partial charge in [-0.25, -0.2) is 13.6 Å². The SMILES string of the molecule is Cc1ccc(C2=C(N3CCOCC3)C(=O)N(Cc3ccc(S(N)(=O)=O)cc3)C2=O)cc1. The molecule has 2 aromatic carbocycles. The second-order valence-corrected chi connectivity index (χ2v) is 9.14. The van der Waals surface area contributed by atoms with Gasteiger partial charge in [-0.3, -0.25) is 14.5 Å². The Morgan fingerprint density at radius 3 is 2.13 bits per heavy atom. The van der Waals surface area contributed by atoms with Gasteiger partial charge < -0.3 is 9.64 Å². The summed E-state index contributed by atoms with van der Waals surface area (Å²) in [5.41, 5.74) is 3.14. The van der Waals surface area contributed by atoms with Crippen molar-refractivity contribution in [3.05, 3.63) is 70.9 Å². The second kappa shape index (κ2) is 8.26. The lowest BCUT2D eigenvalue weighted by Gasteiger charge is -2.29. The van der Waals surface area contributed by atoms with Crippen LogP contribution in [-0.2, 0) is 30.9 Å². The monoisotopic (exact) mass is 441 g/mol. The van der Waals surface area contributed by atoms with E-state index in [-0.39, 0.29) is 23.3 Å². The Balaban J connectivity index is 1.68.